The van der Waals surface area contributed by atoms with Gasteiger partial charge in [-0.15, -0.1) is 11.8 Å². The standard InChI is InChI=1S/C18H32N2O5SSi/c1-12-9-20(17(22)19-16(12)21)15-8-13(23-11-26-5)14(25-15)10-24-27(6,7)18(2,3)4/h9,13-15H,8,10-11H2,1-7H3,(H,19,21,22)/t13-,14+,15+/m0/s1. The quantitative estimate of drug-likeness (QED) is 0.544. The van der Waals surface area contributed by atoms with Gasteiger partial charge in [0.05, 0.1) is 18.6 Å². The molecule has 0 aliphatic carbocycles. The molecule has 2 rings (SSSR count). The summed E-state index contributed by atoms with van der Waals surface area (Å²) >= 11 is 1.60. The summed E-state index contributed by atoms with van der Waals surface area (Å²) in [7, 11) is -1.92. The molecule has 1 aromatic heterocycles. The maximum Gasteiger partial charge on any atom is 0.330 e. The number of aromatic amines is 1. The molecule has 9 heteroatoms. The Morgan fingerprint density at radius 3 is 2.63 bits per heavy atom. The maximum absolute atomic E-state index is 12.2. The van der Waals surface area contributed by atoms with Gasteiger partial charge in [-0.05, 0) is 31.3 Å². The predicted octanol–water partition coefficient (Wildman–Crippen LogP) is 2.86. The van der Waals surface area contributed by atoms with Gasteiger partial charge in [-0.25, -0.2) is 4.79 Å². The number of hydrogen-bond acceptors (Lipinski definition) is 6. The van der Waals surface area contributed by atoms with Crippen molar-refractivity contribution in [3.8, 4) is 0 Å². The molecular weight excluding hydrogens is 384 g/mol. The van der Waals surface area contributed by atoms with Gasteiger partial charge >= 0.3 is 5.69 Å². The summed E-state index contributed by atoms with van der Waals surface area (Å²) in [5.74, 6) is 0.552. The largest absolute Gasteiger partial charge is 0.414 e. The lowest BCUT2D eigenvalue weighted by molar-refractivity contribution is -0.0529. The minimum atomic E-state index is -1.92. The van der Waals surface area contributed by atoms with Crippen LogP contribution in [0.2, 0.25) is 18.1 Å². The van der Waals surface area contributed by atoms with Crippen molar-refractivity contribution in [2.24, 2.45) is 0 Å². The molecule has 1 saturated heterocycles. The fraction of sp³-hybridized carbons (Fsp3) is 0.778. The second kappa shape index (κ2) is 8.65. The van der Waals surface area contributed by atoms with Crippen molar-refractivity contribution in [2.45, 2.75) is 70.7 Å². The molecule has 1 N–H and O–H groups in total. The Balaban J connectivity index is 2.18. The van der Waals surface area contributed by atoms with E-state index in [0.717, 1.165) is 0 Å². The summed E-state index contributed by atoms with van der Waals surface area (Å²) in [5, 5.41) is 0.105. The minimum absolute atomic E-state index is 0.105. The molecule has 3 atom stereocenters. The Kier molecular flexibility index (Phi) is 7.18. The Bertz CT molecular complexity index is 755. The van der Waals surface area contributed by atoms with Gasteiger partial charge in [0.1, 0.15) is 12.3 Å². The van der Waals surface area contributed by atoms with E-state index in [4.69, 9.17) is 13.9 Å². The smallest absolute Gasteiger partial charge is 0.330 e. The van der Waals surface area contributed by atoms with Crippen LogP contribution in [0.15, 0.2) is 15.8 Å². The number of ether oxygens (including phenoxy) is 2. The number of nitrogens with zero attached hydrogens (tertiary/aromatic N) is 1. The average Bonchev–Trinajstić information content (AvgIpc) is 2.96. The van der Waals surface area contributed by atoms with E-state index in [2.05, 4.69) is 38.8 Å². The first-order valence-electron chi connectivity index (χ1n) is 9.18. The fourth-order valence-electron chi connectivity index (χ4n) is 2.66. The highest BCUT2D eigenvalue weighted by atomic mass is 32.2. The van der Waals surface area contributed by atoms with Crippen LogP contribution < -0.4 is 11.2 Å². The van der Waals surface area contributed by atoms with Crippen molar-refractivity contribution in [3.63, 3.8) is 0 Å². The summed E-state index contributed by atoms with van der Waals surface area (Å²) in [5.41, 5.74) is -0.367. The zero-order valence-corrected chi connectivity index (χ0v) is 19.1. The number of aryl methyl sites for hydroxylation is 1. The van der Waals surface area contributed by atoms with Crippen molar-refractivity contribution >= 4 is 20.1 Å². The van der Waals surface area contributed by atoms with Crippen LogP contribution in [0.5, 0.6) is 0 Å². The van der Waals surface area contributed by atoms with Crippen LogP contribution in [0.1, 0.15) is 39.0 Å². The van der Waals surface area contributed by atoms with Gasteiger partial charge in [0.25, 0.3) is 5.56 Å². The maximum atomic E-state index is 12.2. The second-order valence-electron chi connectivity index (χ2n) is 8.53. The number of aromatic nitrogens is 2. The number of rotatable bonds is 7. The van der Waals surface area contributed by atoms with Crippen LogP contribution in [-0.4, -0.2) is 48.9 Å². The van der Waals surface area contributed by atoms with Gasteiger partial charge < -0.3 is 13.9 Å². The van der Waals surface area contributed by atoms with Crippen molar-refractivity contribution < 1.29 is 13.9 Å². The highest BCUT2D eigenvalue weighted by Crippen LogP contribution is 2.38. The third-order valence-electron chi connectivity index (χ3n) is 5.45. The summed E-state index contributed by atoms with van der Waals surface area (Å²) in [4.78, 5) is 26.2. The molecule has 0 amide bonds. The molecule has 2 heterocycles. The van der Waals surface area contributed by atoms with Crippen molar-refractivity contribution in [1.29, 1.82) is 0 Å². The molecule has 0 spiro atoms. The molecule has 0 aromatic carbocycles. The lowest BCUT2D eigenvalue weighted by atomic mass is 10.2. The fourth-order valence-corrected chi connectivity index (χ4v) is 3.98. The van der Waals surface area contributed by atoms with Gasteiger partial charge in [0, 0.05) is 18.2 Å². The van der Waals surface area contributed by atoms with E-state index < -0.39 is 20.2 Å². The summed E-state index contributed by atoms with van der Waals surface area (Å²) in [6.45, 7) is 13.1. The van der Waals surface area contributed by atoms with Crippen LogP contribution in [0.4, 0.5) is 0 Å². The van der Waals surface area contributed by atoms with Gasteiger partial charge in [-0.2, -0.15) is 0 Å². The molecule has 1 aliphatic heterocycles. The van der Waals surface area contributed by atoms with Crippen LogP contribution in [-0.2, 0) is 13.9 Å². The Morgan fingerprint density at radius 2 is 2.04 bits per heavy atom. The highest BCUT2D eigenvalue weighted by Gasteiger charge is 2.42. The average molecular weight is 417 g/mol. The van der Waals surface area contributed by atoms with Crippen molar-refractivity contribution in [1.82, 2.24) is 9.55 Å². The molecule has 1 aromatic rings. The molecule has 27 heavy (non-hydrogen) atoms. The van der Waals surface area contributed by atoms with E-state index in [-0.39, 0.29) is 22.8 Å². The minimum Gasteiger partial charge on any atom is -0.414 e. The Labute approximate surface area is 165 Å². The second-order valence-corrected chi connectivity index (χ2v) is 14.1. The van der Waals surface area contributed by atoms with Gasteiger partial charge in [0.2, 0.25) is 0 Å². The van der Waals surface area contributed by atoms with Crippen molar-refractivity contribution in [3.05, 3.63) is 32.6 Å². The third-order valence-corrected chi connectivity index (χ3v) is 10.3. The van der Waals surface area contributed by atoms with Crippen LogP contribution in [0.3, 0.4) is 0 Å². The van der Waals surface area contributed by atoms with Gasteiger partial charge in [-0.1, -0.05) is 20.8 Å². The van der Waals surface area contributed by atoms with E-state index in [1.54, 1.807) is 24.9 Å². The number of thioether (sulfide) groups is 1. The van der Waals surface area contributed by atoms with E-state index >= 15 is 0 Å². The molecule has 1 fully saturated rings. The van der Waals surface area contributed by atoms with Crippen molar-refractivity contribution in [2.75, 3.05) is 18.8 Å². The van der Waals surface area contributed by atoms with E-state index in [1.165, 1.54) is 4.57 Å². The lowest BCUT2D eigenvalue weighted by Crippen LogP contribution is -2.44. The first kappa shape index (κ1) is 22.4. The first-order valence-corrected chi connectivity index (χ1v) is 13.5. The number of H-pyrrole nitrogens is 1. The summed E-state index contributed by atoms with van der Waals surface area (Å²) < 4.78 is 19.9. The lowest BCUT2D eigenvalue weighted by Gasteiger charge is -2.37. The van der Waals surface area contributed by atoms with Crippen LogP contribution in [0, 0.1) is 6.92 Å². The predicted molar refractivity (Wildman–Crippen MR) is 111 cm³/mol. The molecule has 0 unspecified atom stereocenters. The normalized spacial score (nSPS) is 23.7. The Morgan fingerprint density at radius 1 is 1.37 bits per heavy atom. The topological polar surface area (TPSA) is 82.6 Å². The third kappa shape index (κ3) is 5.35. The first-order chi connectivity index (χ1) is 12.5. The van der Waals surface area contributed by atoms with Gasteiger partial charge in [-0.3, -0.25) is 14.3 Å². The molecular formula is C18H32N2O5SSi. The molecule has 7 nitrogen and oxygen atoms in total. The van der Waals surface area contributed by atoms with E-state index in [1.807, 2.05) is 6.26 Å². The van der Waals surface area contributed by atoms with Gasteiger partial charge in [0.15, 0.2) is 8.32 Å². The van der Waals surface area contributed by atoms with E-state index in [9.17, 15) is 9.59 Å². The van der Waals surface area contributed by atoms with E-state index in [0.29, 0.717) is 24.5 Å². The molecule has 0 radical (unpaired) electrons. The summed E-state index contributed by atoms with van der Waals surface area (Å²) in [6.07, 6.45) is 3.17. The number of nitrogens with one attached hydrogen (secondary N) is 1. The number of hydrogen-bond donors (Lipinski definition) is 1. The monoisotopic (exact) mass is 416 g/mol. The molecule has 0 bridgehead atoms. The Hall–Kier alpha value is -0.873. The molecule has 1 aliphatic rings. The molecule has 0 saturated carbocycles. The highest BCUT2D eigenvalue weighted by molar-refractivity contribution is 7.98. The summed E-state index contributed by atoms with van der Waals surface area (Å²) in [6, 6.07) is 0. The van der Waals surface area contributed by atoms with Crippen LogP contribution in [0.25, 0.3) is 0 Å². The zero-order chi connectivity index (χ0) is 20.4. The molecule has 154 valence electrons. The van der Waals surface area contributed by atoms with Crippen LogP contribution >= 0.6 is 11.8 Å². The zero-order valence-electron chi connectivity index (χ0n) is 17.3. The SMILES string of the molecule is CSCO[C@H]1C[C@H](n2cc(C)c(=O)[nH]c2=O)O[C@@H]1CO[Si](C)(C)C(C)(C)C.